The minimum absolute atomic E-state index is 0.145. The molecule has 1 aromatic carbocycles. The van der Waals surface area contributed by atoms with Crippen LogP contribution in [0.5, 0.6) is 11.5 Å². The SMILES string of the molecule is CCc1nc(CC(=O)Nc2cnccc2Oc2ccccc2)cs1. The third-order valence-corrected chi connectivity index (χ3v) is 4.31. The molecule has 3 aromatic rings. The van der Waals surface area contributed by atoms with Crippen LogP contribution in [0.1, 0.15) is 17.6 Å². The lowest BCUT2D eigenvalue weighted by atomic mass is 10.3. The van der Waals surface area contributed by atoms with E-state index in [1.807, 2.05) is 42.6 Å². The van der Waals surface area contributed by atoms with Crippen LogP contribution in [0.4, 0.5) is 5.69 Å². The van der Waals surface area contributed by atoms with Gasteiger partial charge in [0.05, 0.1) is 23.3 Å². The van der Waals surface area contributed by atoms with Gasteiger partial charge in [-0.05, 0) is 18.6 Å². The van der Waals surface area contributed by atoms with Crippen molar-refractivity contribution >= 4 is 22.9 Å². The third kappa shape index (κ3) is 4.17. The van der Waals surface area contributed by atoms with E-state index in [0.29, 0.717) is 17.2 Å². The molecular weight excluding hydrogens is 322 g/mol. The van der Waals surface area contributed by atoms with Crippen LogP contribution in [0.2, 0.25) is 0 Å². The van der Waals surface area contributed by atoms with Gasteiger partial charge in [0.15, 0.2) is 5.75 Å². The highest BCUT2D eigenvalue weighted by atomic mass is 32.1. The zero-order valence-corrected chi connectivity index (χ0v) is 14.0. The average molecular weight is 339 g/mol. The maximum absolute atomic E-state index is 12.3. The van der Waals surface area contributed by atoms with Crippen LogP contribution in [0.25, 0.3) is 0 Å². The summed E-state index contributed by atoms with van der Waals surface area (Å²) >= 11 is 1.57. The Bertz CT molecular complexity index is 818. The molecule has 0 aliphatic rings. The number of aryl methyl sites for hydroxylation is 1. The van der Waals surface area contributed by atoms with Gasteiger partial charge < -0.3 is 10.1 Å². The van der Waals surface area contributed by atoms with E-state index in [-0.39, 0.29) is 12.3 Å². The summed E-state index contributed by atoms with van der Waals surface area (Å²) in [6, 6.07) is 11.1. The van der Waals surface area contributed by atoms with Crippen molar-refractivity contribution in [3.8, 4) is 11.5 Å². The molecule has 1 amide bonds. The van der Waals surface area contributed by atoms with Gasteiger partial charge in [-0.2, -0.15) is 0 Å². The summed E-state index contributed by atoms with van der Waals surface area (Å²) in [6.45, 7) is 2.05. The quantitative estimate of drug-likeness (QED) is 0.735. The van der Waals surface area contributed by atoms with Crippen molar-refractivity contribution in [3.63, 3.8) is 0 Å². The number of para-hydroxylation sites is 1. The van der Waals surface area contributed by atoms with Crippen molar-refractivity contribution in [1.82, 2.24) is 9.97 Å². The number of ether oxygens (including phenoxy) is 1. The number of benzene rings is 1. The monoisotopic (exact) mass is 339 g/mol. The highest BCUT2D eigenvalue weighted by Gasteiger charge is 2.11. The summed E-state index contributed by atoms with van der Waals surface area (Å²) in [4.78, 5) is 20.7. The molecule has 0 radical (unpaired) electrons. The number of thiazole rings is 1. The van der Waals surface area contributed by atoms with Crippen LogP contribution in [0.15, 0.2) is 54.2 Å². The fourth-order valence-corrected chi connectivity index (χ4v) is 2.88. The molecule has 0 saturated heterocycles. The Morgan fingerprint density at radius 2 is 2.08 bits per heavy atom. The molecule has 0 unspecified atom stereocenters. The predicted molar refractivity (Wildman–Crippen MR) is 94.6 cm³/mol. The van der Waals surface area contributed by atoms with Crippen molar-refractivity contribution in [2.75, 3.05) is 5.32 Å². The zero-order chi connectivity index (χ0) is 16.8. The fraction of sp³-hybridized carbons (Fsp3) is 0.167. The Labute approximate surface area is 144 Å². The molecule has 0 saturated carbocycles. The van der Waals surface area contributed by atoms with E-state index in [9.17, 15) is 4.79 Å². The Morgan fingerprint density at radius 1 is 1.25 bits per heavy atom. The van der Waals surface area contributed by atoms with Gasteiger partial charge >= 0.3 is 0 Å². The molecule has 6 heteroatoms. The molecule has 0 fully saturated rings. The standard InChI is InChI=1S/C18H17N3O2S/c1-2-18-20-13(12-24-18)10-17(22)21-15-11-19-9-8-16(15)23-14-6-4-3-5-7-14/h3-9,11-12H,2,10H2,1H3,(H,21,22). The number of aromatic nitrogens is 2. The number of carbonyl (C=O) groups excluding carboxylic acids is 1. The van der Waals surface area contributed by atoms with Gasteiger partial charge in [-0.25, -0.2) is 4.98 Å². The summed E-state index contributed by atoms with van der Waals surface area (Å²) in [5, 5.41) is 5.80. The second kappa shape index (κ2) is 7.70. The van der Waals surface area contributed by atoms with Crippen molar-refractivity contribution in [3.05, 3.63) is 64.9 Å². The molecule has 5 nitrogen and oxygen atoms in total. The van der Waals surface area contributed by atoms with Crippen LogP contribution in [-0.2, 0) is 17.6 Å². The Kier molecular flexibility index (Phi) is 5.18. The average Bonchev–Trinajstić information content (AvgIpc) is 3.05. The van der Waals surface area contributed by atoms with Gasteiger partial charge in [-0.15, -0.1) is 11.3 Å². The van der Waals surface area contributed by atoms with Gasteiger partial charge in [0.1, 0.15) is 11.4 Å². The number of nitrogens with one attached hydrogen (secondary N) is 1. The molecule has 0 bridgehead atoms. The normalized spacial score (nSPS) is 10.4. The first-order valence-electron chi connectivity index (χ1n) is 7.64. The first-order chi connectivity index (χ1) is 11.7. The molecule has 0 atom stereocenters. The van der Waals surface area contributed by atoms with Gasteiger partial charge in [-0.3, -0.25) is 9.78 Å². The van der Waals surface area contributed by atoms with E-state index in [2.05, 4.69) is 15.3 Å². The molecule has 122 valence electrons. The van der Waals surface area contributed by atoms with Gasteiger partial charge in [0, 0.05) is 17.6 Å². The van der Waals surface area contributed by atoms with Crippen LogP contribution in [0.3, 0.4) is 0 Å². The third-order valence-electron chi connectivity index (χ3n) is 3.27. The molecule has 0 spiro atoms. The number of amides is 1. The van der Waals surface area contributed by atoms with Crippen LogP contribution >= 0.6 is 11.3 Å². The molecule has 0 aliphatic carbocycles. The summed E-state index contributed by atoms with van der Waals surface area (Å²) in [5.41, 5.74) is 1.32. The number of carbonyl (C=O) groups is 1. The van der Waals surface area contributed by atoms with Crippen LogP contribution < -0.4 is 10.1 Å². The van der Waals surface area contributed by atoms with E-state index in [0.717, 1.165) is 17.1 Å². The minimum atomic E-state index is -0.145. The second-order valence-electron chi connectivity index (χ2n) is 5.10. The zero-order valence-electron chi connectivity index (χ0n) is 13.2. The first kappa shape index (κ1) is 16.1. The van der Waals surface area contributed by atoms with Crippen molar-refractivity contribution in [2.45, 2.75) is 19.8 Å². The number of hydrogen-bond donors (Lipinski definition) is 1. The molecule has 2 heterocycles. The fourth-order valence-electron chi connectivity index (χ4n) is 2.13. The minimum Gasteiger partial charge on any atom is -0.455 e. The summed E-state index contributed by atoms with van der Waals surface area (Å²) in [5.74, 6) is 1.11. The molecule has 3 rings (SSSR count). The van der Waals surface area contributed by atoms with Crippen molar-refractivity contribution < 1.29 is 9.53 Å². The lowest BCUT2D eigenvalue weighted by Crippen LogP contribution is -2.15. The number of pyridine rings is 1. The lowest BCUT2D eigenvalue weighted by Gasteiger charge is -2.11. The summed E-state index contributed by atoms with van der Waals surface area (Å²) < 4.78 is 5.81. The number of hydrogen-bond acceptors (Lipinski definition) is 5. The van der Waals surface area contributed by atoms with Crippen molar-refractivity contribution in [2.24, 2.45) is 0 Å². The Hall–Kier alpha value is -2.73. The summed E-state index contributed by atoms with van der Waals surface area (Å²) in [6.07, 6.45) is 4.32. The highest BCUT2D eigenvalue weighted by Crippen LogP contribution is 2.28. The molecule has 1 N–H and O–H groups in total. The number of nitrogens with zero attached hydrogens (tertiary/aromatic N) is 2. The number of anilines is 1. The van der Waals surface area contributed by atoms with E-state index >= 15 is 0 Å². The van der Waals surface area contributed by atoms with Gasteiger partial charge in [-0.1, -0.05) is 25.1 Å². The van der Waals surface area contributed by atoms with Gasteiger partial charge in [0.25, 0.3) is 0 Å². The maximum atomic E-state index is 12.3. The van der Waals surface area contributed by atoms with E-state index < -0.39 is 0 Å². The second-order valence-corrected chi connectivity index (χ2v) is 6.04. The molecule has 0 aliphatic heterocycles. The van der Waals surface area contributed by atoms with Crippen molar-refractivity contribution in [1.29, 1.82) is 0 Å². The van der Waals surface area contributed by atoms with Crippen LogP contribution in [0, 0.1) is 0 Å². The van der Waals surface area contributed by atoms with E-state index in [1.54, 1.807) is 29.8 Å². The highest BCUT2D eigenvalue weighted by molar-refractivity contribution is 7.09. The van der Waals surface area contributed by atoms with E-state index in [1.165, 1.54) is 0 Å². The molecular formula is C18H17N3O2S. The Morgan fingerprint density at radius 3 is 2.83 bits per heavy atom. The topological polar surface area (TPSA) is 64.1 Å². The molecule has 24 heavy (non-hydrogen) atoms. The van der Waals surface area contributed by atoms with Crippen LogP contribution in [-0.4, -0.2) is 15.9 Å². The lowest BCUT2D eigenvalue weighted by molar-refractivity contribution is -0.115. The predicted octanol–water partition coefficient (Wildman–Crippen LogP) is 4.07. The smallest absolute Gasteiger partial charge is 0.230 e. The number of rotatable bonds is 6. The largest absolute Gasteiger partial charge is 0.455 e. The Balaban J connectivity index is 1.69. The summed E-state index contributed by atoms with van der Waals surface area (Å²) in [7, 11) is 0. The molecule has 2 aromatic heterocycles. The maximum Gasteiger partial charge on any atom is 0.230 e. The van der Waals surface area contributed by atoms with E-state index in [4.69, 9.17) is 4.74 Å². The first-order valence-corrected chi connectivity index (χ1v) is 8.52. The van der Waals surface area contributed by atoms with Gasteiger partial charge in [0.2, 0.25) is 5.91 Å².